The summed E-state index contributed by atoms with van der Waals surface area (Å²) in [5.41, 5.74) is 1.28. The van der Waals surface area contributed by atoms with Gasteiger partial charge in [0, 0.05) is 18.0 Å². The Bertz CT molecular complexity index is 961. The topological polar surface area (TPSA) is 112 Å². The van der Waals surface area contributed by atoms with Crippen LogP contribution in [0.4, 0.5) is 4.79 Å². The summed E-state index contributed by atoms with van der Waals surface area (Å²) in [7, 11) is -3.53. The number of aliphatic hydroxyl groups is 1. The van der Waals surface area contributed by atoms with E-state index in [2.05, 4.69) is 15.3 Å². The van der Waals surface area contributed by atoms with E-state index in [1.807, 2.05) is 44.2 Å². The Kier molecular flexibility index (Phi) is 4.92. The largest absolute Gasteiger partial charge is 0.394 e. The van der Waals surface area contributed by atoms with Gasteiger partial charge in [-0.2, -0.15) is 0 Å². The molecule has 2 heterocycles. The molecule has 9 heteroatoms. The Labute approximate surface area is 158 Å². The Morgan fingerprint density at radius 2 is 2.00 bits per heavy atom. The summed E-state index contributed by atoms with van der Waals surface area (Å²) in [6.45, 7) is 3.61. The number of nitrogens with zero attached hydrogens (tertiary/aromatic N) is 3. The minimum atomic E-state index is -3.53. The fourth-order valence-corrected chi connectivity index (χ4v) is 3.69. The van der Waals surface area contributed by atoms with Gasteiger partial charge in [-0.15, -0.1) is 0 Å². The van der Waals surface area contributed by atoms with E-state index in [1.165, 1.54) is 6.20 Å². The molecule has 2 aromatic rings. The van der Waals surface area contributed by atoms with Gasteiger partial charge in [0.15, 0.2) is 0 Å². The molecule has 1 aromatic carbocycles. The SMILES string of the molecule is CC1(C)c2cnc(S(C)(=O)=O)nc2CN1C(=O)NC(CO)c1ccccc1. The van der Waals surface area contributed by atoms with Gasteiger partial charge >= 0.3 is 6.03 Å². The Balaban J connectivity index is 1.85. The standard InChI is InChI=1S/C18H22N4O4S/c1-18(2)13-9-19-16(27(3,25)26)20-14(13)10-22(18)17(24)21-15(11-23)12-7-5-4-6-8-12/h4-9,15,23H,10-11H2,1-3H3,(H,21,24). The van der Waals surface area contributed by atoms with Gasteiger partial charge in [-0.3, -0.25) is 0 Å². The van der Waals surface area contributed by atoms with E-state index in [0.29, 0.717) is 11.3 Å². The second-order valence-electron chi connectivity index (χ2n) is 7.03. The summed E-state index contributed by atoms with van der Waals surface area (Å²) in [4.78, 5) is 22.5. The third-order valence-electron chi connectivity index (χ3n) is 4.75. The van der Waals surface area contributed by atoms with Crippen LogP contribution in [0, 0.1) is 0 Å². The molecule has 2 amide bonds. The summed E-state index contributed by atoms with van der Waals surface area (Å²) in [6.07, 6.45) is 2.51. The smallest absolute Gasteiger partial charge is 0.319 e. The molecule has 144 valence electrons. The Morgan fingerprint density at radius 1 is 1.33 bits per heavy atom. The molecular formula is C18H22N4O4S. The van der Waals surface area contributed by atoms with Crippen molar-refractivity contribution in [3.63, 3.8) is 0 Å². The maximum atomic E-state index is 12.9. The number of carbonyl (C=O) groups excluding carboxylic acids is 1. The van der Waals surface area contributed by atoms with Crippen molar-refractivity contribution in [1.29, 1.82) is 0 Å². The van der Waals surface area contributed by atoms with Gasteiger partial charge in [0.25, 0.3) is 0 Å². The number of fused-ring (bicyclic) bond motifs is 1. The minimum absolute atomic E-state index is 0.159. The molecule has 1 aromatic heterocycles. The first-order valence-corrected chi connectivity index (χ1v) is 10.3. The molecule has 27 heavy (non-hydrogen) atoms. The lowest BCUT2D eigenvalue weighted by atomic mass is 9.97. The number of aliphatic hydroxyl groups excluding tert-OH is 1. The van der Waals surface area contributed by atoms with Crippen LogP contribution in [0.1, 0.15) is 36.7 Å². The second kappa shape index (κ2) is 6.90. The molecule has 2 N–H and O–H groups in total. The van der Waals surface area contributed by atoms with Gasteiger partial charge in [0.1, 0.15) is 0 Å². The summed E-state index contributed by atoms with van der Waals surface area (Å²) in [5, 5.41) is 12.3. The molecule has 0 bridgehead atoms. The molecule has 0 saturated carbocycles. The van der Waals surface area contributed by atoms with Crippen molar-refractivity contribution in [3.05, 3.63) is 53.3 Å². The number of carbonyl (C=O) groups is 1. The fraction of sp³-hybridized carbons (Fsp3) is 0.389. The number of aromatic nitrogens is 2. The van der Waals surface area contributed by atoms with Crippen molar-refractivity contribution in [2.75, 3.05) is 12.9 Å². The van der Waals surface area contributed by atoms with E-state index in [4.69, 9.17) is 0 Å². The fourth-order valence-electron chi connectivity index (χ4n) is 3.17. The first-order valence-electron chi connectivity index (χ1n) is 8.45. The lowest BCUT2D eigenvalue weighted by molar-refractivity contribution is 0.136. The number of urea groups is 1. The second-order valence-corrected chi connectivity index (χ2v) is 8.94. The lowest BCUT2D eigenvalue weighted by Gasteiger charge is -2.33. The summed E-state index contributed by atoms with van der Waals surface area (Å²) in [5.74, 6) is 0. The van der Waals surface area contributed by atoms with Crippen molar-refractivity contribution in [1.82, 2.24) is 20.2 Å². The highest BCUT2D eigenvalue weighted by Crippen LogP contribution is 2.37. The molecule has 1 atom stereocenters. The van der Waals surface area contributed by atoms with E-state index < -0.39 is 21.4 Å². The van der Waals surface area contributed by atoms with Gasteiger partial charge in [-0.05, 0) is 19.4 Å². The molecule has 1 aliphatic heterocycles. The van der Waals surface area contributed by atoms with Crippen LogP contribution in [0.3, 0.4) is 0 Å². The maximum Gasteiger partial charge on any atom is 0.319 e. The molecule has 0 radical (unpaired) electrons. The quantitative estimate of drug-likeness (QED) is 0.763. The monoisotopic (exact) mass is 390 g/mol. The first-order chi connectivity index (χ1) is 12.6. The molecule has 0 saturated heterocycles. The predicted molar refractivity (Wildman–Crippen MR) is 98.5 cm³/mol. The van der Waals surface area contributed by atoms with Crippen molar-refractivity contribution < 1.29 is 18.3 Å². The highest BCUT2D eigenvalue weighted by molar-refractivity contribution is 7.90. The maximum absolute atomic E-state index is 12.9. The van der Waals surface area contributed by atoms with E-state index >= 15 is 0 Å². The van der Waals surface area contributed by atoms with Gasteiger partial charge < -0.3 is 15.3 Å². The number of rotatable bonds is 4. The van der Waals surface area contributed by atoms with E-state index in [9.17, 15) is 18.3 Å². The molecule has 1 unspecified atom stereocenters. The highest BCUT2D eigenvalue weighted by atomic mass is 32.2. The molecule has 0 aliphatic carbocycles. The zero-order chi connectivity index (χ0) is 19.8. The normalized spacial score (nSPS) is 16.7. The van der Waals surface area contributed by atoms with E-state index in [0.717, 1.165) is 11.8 Å². The lowest BCUT2D eigenvalue weighted by Crippen LogP contribution is -2.47. The summed E-state index contributed by atoms with van der Waals surface area (Å²) < 4.78 is 23.4. The van der Waals surface area contributed by atoms with Crippen molar-refractivity contribution >= 4 is 15.9 Å². The number of sulfone groups is 1. The average Bonchev–Trinajstić information content (AvgIpc) is 2.90. The van der Waals surface area contributed by atoms with Crippen LogP contribution in [-0.2, 0) is 21.9 Å². The molecule has 0 spiro atoms. The number of benzene rings is 1. The van der Waals surface area contributed by atoms with Crippen LogP contribution in [0.2, 0.25) is 0 Å². The highest BCUT2D eigenvalue weighted by Gasteiger charge is 2.42. The number of amides is 2. The third kappa shape index (κ3) is 3.65. The van der Waals surface area contributed by atoms with E-state index in [-0.39, 0.29) is 24.3 Å². The molecular weight excluding hydrogens is 368 g/mol. The van der Waals surface area contributed by atoms with Gasteiger partial charge in [-0.1, -0.05) is 30.3 Å². The number of nitrogens with one attached hydrogen (secondary N) is 1. The van der Waals surface area contributed by atoms with Crippen LogP contribution in [0.5, 0.6) is 0 Å². The van der Waals surface area contributed by atoms with E-state index in [1.54, 1.807) is 4.90 Å². The van der Waals surface area contributed by atoms with Crippen molar-refractivity contribution in [3.8, 4) is 0 Å². The van der Waals surface area contributed by atoms with Crippen molar-refractivity contribution in [2.45, 2.75) is 37.1 Å². The zero-order valence-corrected chi connectivity index (χ0v) is 16.2. The van der Waals surface area contributed by atoms with Crippen LogP contribution >= 0.6 is 0 Å². The first kappa shape index (κ1) is 19.2. The van der Waals surface area contributed by atoms with Crippen LogP contribution in [0.25, 0.3) is 0 Å². The van der Waals surface area contributed by atoms with Gasteiger partial charge in [-0.25, -0.2) is 23.2 Å². The average molecular weight is 390 g/mol. The number of hydrogen-bond donors (Lipinski definition) is 2. The molecule has 1 aliphatic rings. The van der Waals surface area contributed by atoms with Gasteiger partial charge in [0.2, 0.25) is 15.0 Å². The van der Waals surface area contributed by atoms with Gasteiger partial charge in [0.05, 0.1) is 30.4 Å². The van der Waals surface area contributed by atoms with Crippen LogP contribution in [-0.4, -0.2) is 47.3 Å². The number of hydrogen-bond acceptors (Lipinski definition) is 6. The third-order valence-corrected chi connectivity index (χ3v) is 5.61. The minimum Gasteiger partial charge on any atom is -0.394 e. The zero-order valence-electron chi connectivity index (χ0n) is 15.4. The van der Waals surface area contributed by atoms with Crippen LogP contribution in [0.15, 0.2) is 41.7 Å². The van der Waals surface area contributed by atoms with Crippen LogP contribution < -0.4 is 5.32 Å². The Hall–Kier alpha value is -2.52. The van der Waals surface area contributed by atoms with Crippen molar-refractivity contribution in [2.24, 2.45) is 0 Å². The Morgan fingerprint density at radius 3 is 2.59 bits per heavy atom. The molecule has 0 fully saturated rings. The summed E-state index contributed by atoms with van der Waals surface area (Å²) in [6, 6.07) is 8.27. The molecule has 8 nitrogen and oxygen atoms in total. The summed E-state index contributed by atoms with van der Waals surface area (Å²) >= 11 is 0. The predicted octanol–water partition coefficient (Wildman–Crippen LogP) is 1.37. The molecule has 3 rings (SSSR count).